The smallest absolute Gasteiger partial charge is 0.258 e. The number of carbonyl (C=O) groups is 1. The SMILES string of the molecule is COc1cccc(-c2nc(C3CC(=O)N(C(C)c4ccc(OC)c(OC)c4)C3)no2)c1. The summed E-state index contributed by atoms with van der Waals surface area (Å²) in [7, 11) is 4.80. The number of amides is 1. The van der Waals surface area contributed by atoms with Crippen LogP contribution in [0, 0.1) is 0 Å². The molecule has 0 saturated carbocycles. The number of benzene rings is 2. The fraction of sp³-hybridized carbons (Fsp3) is 0.348. The largest absolute Gasteiger partial charge is 0.497 e. The molecule has 2 aromatic carbocycles. The molecule has 3 aromatic rings. The molecule has 1 aliphatic heterocycles. The van der Waals surface area contributed by atoms with Crippen molar-refractivity contribution in [2.24, 2.45) is 0 Å². The molecular formula is C23H25N3O5. The van der Waals surface area contributed by atoms with Gasteiger partial charge in [-0.2, -0.15) is 4.98 Å². The van der Waals surface area contributed by atoms with Crippen LogP contribution in [0.15, 0.2) is 47.0 Å². The average Bonchev–Trinajstić information content (AvgIpc) is 3.45. The Morgan fingerprint density at radius 2 is 1.87 bits per heavy atom. The van der Waals surface area contributed by atoms with Crippen molar-refractivity contribution in [3.05, 3.63) is 53.9 Å². The first-order valence-electron chi connectivity index (χ1n) is 10.0. The van der Waals surface area contributed by atoms with E-state index in [1.54, 1.807) is 21.3 Å². The van der Waals surface area contributed by atoms with Gasteiger partial charge in [-0.3, -0.25) is 4.79 Å². The maximum atomic E-state index is 12.8. The van der Waals surface area contributed by atoms with Gasteiger partial charge in [0.2, 0.25) is 5.91 Å². The zero-order chi connectivity index (χ0) is 22.0. The molecule has 8 heteroatoms. The molecule has 0 N–H and O–H groups in total. The van der Waals surface area contributed by atoms with Crippen molar-refractivity contribution in [2.45, 2.75) is 25.3 Å². The topological polar surface area (TPSA) is 86.9 Å². The summed E-state index contributed by atoms with van der Waals surface area (Å²) in [5.74, 6) is 2.87. The molecule has 2 unspecified atom stereocenters. The van der Waals surface area contributed by atoms with Crippen LogP contribution < -0.4 is 14.2 Å². The van der Waals surface area contributed by atoms with Gasteiger partial charge in [0.15, 0.2) is 17.3 Å². The van der Waals surface area contributed by atoms with E-state index in [4.69, 9.17) is 18.7 Å². The van der Waals surface area contributed by atoms with Gasteiger partial charge >= 0.3 is 0 Å². The zero-order valence-electron chi connectivity index (χ0n) is 18.0. The standard InChI is InChI=1S/C23H25N3O5/c1-14(15-8-9-19(29-3)20(11-15)30-4)26-13-17(12-21(26)27)22-24-23(31-25-22)16-6-5-7-18(10-16)28-2/h5-11,14,17H,12-13H2,1-4H3. The molecule has 2 atom stereocenters. The van der Waals surface area contributed by atoms with E-state index in [0.717, 1.165) is 11.1 Å². The van der Waals surface area contributed by atoms with E-state index in [9.17, 15) is 4.79 Å². The molecule has 1 amide bonds. The normalized spacial score (nSPS) is 17.0. The first-order valence-corrected chi connectivity index (χ1v) is 10.0. The first kappa shape index (κ1) is 20.7. The Morgan fingerprint density at radius 3 is 2.61 bits per heavy atom. The summed E-state index contributed by atoms with van der Waals surface area (Å²) >= 11 is 0. The summed E-state index contributed by atoms with van der Waals surface area (Å²) in [6, 6.07) is 13.0. The third kappa shape index (κ3) is 4.05. The molecule has 2 heterocycles. The van der Waals surface area contributed by atoms with Crippen LogP contribution in [-0.4, -0.2) is 48.8 Å². The molecule has 0 bridgehead atoms. The zero-order valence-corrected chi connectivity index (χ0v) is 18.0. The second-order valence-corrected chi connectivity index (χ2v) is 7.43. The highest BCUT2D eigenvalue weighted by molar-refractivity contribution is 5.80. The molecule has 0 radical (unpaired) electrons. The average molecular weight is 423 g/mol. The Labute approximate surface area is 180 Å². The Morgan fingerprint density at radius 1 is 1.06 bits per heavy atom. The van der Waals surface area contributed by atoms with Crippen molar-refractivity contribution < 1.29 is 23.5 Å². The monoisotopic (exact) mass is 423 g/mol. The highest BCUT2D eigenvalue weighted by Crippen LogP contribution is 2.36. The van der Waals surface area contributed by atoms with Gasteiger partial charge in [0.1, 0.15) is 5.75 Å². The van der Waals surface area contributed by atoms with Crippen molar-refractivity contribution in [1.29, 1.82) is 0 Å². The van der Waals surface area contributed by atoms with E-state index < -0.39 is 0 Å². The minimum absolute atomic E-state index is 0.0556. The predicted octanol–water partition coefficient (Wildman–Crippen LogP) is 3.84. The quantitative estimate of drug-likeness (QED) is 0.571. The summed E-state index contributed by atoms with van der Waals surface area (Å²) in [6.07, 6.45) is 0.342. The number of hydrogen-bond donors (Lipinski definition) is 0. The lowest BCUT2D eigenvalue weighted by Crippen LogP contribution is -2.28. The molecule has 1 aliphatic rings. The number of likely N-dealkylation sites (tertiary alicyclic amines) is 1. The lowest BCUT2D eigenvalue weighted by atomic mass is 10.1. The number of rotatable bonds is 7. The maximum absolute atomic E-state index is 12.8. The Bertz CT molecular complexity index is 1080. The first-order chi connectivity index (χ1) is 15.0. The van der Waals surface area contributed by atoms with Crippen molar-refractivity contribution in [3.63, 3.8) is 0 Å². The number of methoxy groups -OCH3 is 3. The fourth-order valence-corrected chi connectivity index (χ4v) is 3.85. The summed E-state index contributed by atoms with van der Waals surface area (Å²) < 4.78 is 21.4. The molecule has 1 aromatic heterocycles. The highest BCUT2D eigenvalue weighted by atomic mass is 16.5. The van der Waals surface area contributed by atoms with Gasteiger partial charge in [-0.25, -0.2) is 0 Å². The number of aromatic nitrogens is 2. The molecular weight excluding hydrogens is 398 g/mol. The van der Waals surface area contributed by atoms with Crippen LogP contribution in [0.3, 0.4) is 0 Å². The maximum Gasteiger partial charge on any atom is 0.258 e. The molecule has 8 nitrogen and oxygen atoms in total. The van der Waals surface area contributed by atoms with Crippen LogP contribution in [0.1, 0.15) is 36.7 Å². The van der Waals surface area contributed by atoms with Gasteiger partial charge in [-0.1, -0.05) is 17.3 Å². The lowest BCUT2D eigenvalue weighted by molar-refractivity contribution is -0.129. The van der Waals surface area contributed by atoms with E-state index >= 15 is 0 Å². The van der Waals surface area contributed by atoms with Crippen LogP contribution >= 0.6 is 0 Å². The molecule has 0 aliphatic carbocycles. The highest BCUT2D eigenvalue weighted by Gasteiger charge is 2.36. The van der Waals surface area contributed by atoms with E-state index in [1.807, 2.05) is 54.3 Å². The van der Waals surface area contributed by atoms with E-state index in [1.165, 1.54) is 0 Å². The van der Waals surface area contributed by atoms with Gasteiger partial charge in [-0.05, 0) is 42.8 Å². The van der Waals surface area contributed by atoms with E-state index in [2.05, 4.69) is 10.1 Å². The van der Waals surface area contributed by atoms with E-state index in [0.29, 0.717) is 41.9 Å². The van der Waals surface area contributed by atoms with Crippen LogP contribution in [0.4, 0.5) is 0 Å². The number of carbonyl (C=O) groups excluding carboxylic acids is 1. The van der Waals surface area contributed by atoms with Gasteiger partial charge in [-0.15, -0.1) is 0 Å². The predicted molar refractivity (Wildman–Crippen MR) is 113 cm³/mol. The van der Waals surface area contributed by atoms with Gasteiger partial charge in [0.25, 0.3) is 5.89 Å². The molecule has 0 spiro atoms. The third-order valence-electron chi connectivity index (χ3n) is 5.64. The molecule has 31 heavy (non-hydrogen) atoms. The lowest BCUT2D eigenvalue weighted by Gasteiger charge is -2.25. The number of hydrogen-bond acceptors (Lipinski definition) is 7. The number of ether oxygens (including phenoxy) is 3. The van der Waals surface area contributed by atoms with Crippen LogP contribution in [0.5, 0.6) is 17.2 Å². The molecule has 1 fully saturated rings. The van der Waals surface area contributed by atoms with Gasteiger partial charge in [0, 0.05) is 24.4 Å². The Hall–Kier alpha value is -3.55. The van der Waals surface area contributed by atoms with E-state index in [-0.39, 0.29) is 17.9 Å². The molecule has 4 rings (SSSR count). The summed E-state index contributed by atoms with van der Waals surface area (Å²) in [4.78, 5) is 19.2. The minimum Gasteiger partial charge on any atom is -0.497 e. The molecule has 1 saturated heterocycles. The summed E-state index contributed by atoms with van der Waals surface area (Å²) in [6.45, 7) is 2.52. The second kappa shape index (κ2) is 8.67. The fourth-order valence-electron chi connectivity index (χ4n) is 3.85. The Kier molecular flexibility index (Phi) is 5.79. The van der Waals surface area contributed by atoms with Gasteiger partial charge < -0.3 is 23.6 Å². The van der Waals surface area contributed by atoms with Crippen LogP contribution in [0.25, 0.3) is 11.5 Å². The Balaban J connectivity index is 1.51. The van der Waals surface area contributed by atoms with Crippen LogP contribution in [-0.2, 0) is 4.79 Å². The summed E-state index contributed by atoms with van der Waals surface area (Å²) in [5.41, 5.74) is 1.75. The van der Waals surface area contributed by atoms with Crippen molar-refractivity contribution in [1.82, 2.24) is 15.0 Å². The third-order valence-corrected chi connectivity index (χ3v) is 5.64. The minimum atomic E-state index is -0.127. The molecule has 162 valence electrons. The number of nitrogens with zero attached hydrogens (tertiary/aromatic N) is 3. The summed E-state index contributed by atoms with van der Waals surface area (Å²) in [5, 5.41) is 4.14. The second-order valence-electron chi connectivity index (χ2n) is 7.43. The van der Waals surface area contributed by atoms with Gasteiger partial charge in [0.05, 0.1) is 27.4 Å². The van der Waals surface area contributed by atoms with Crippen molar-refractivity contribution in [2.75, 3.05) is 27.9 Å². The van der Waals surface area contributed by atoms with Crippen molar-refractivity contribution in [3.8, 4) is 28.7 Å². The van der Waals surface area contributed by atoms with Crippen molar-refractivity contribution >= 4 is 5.91 Å². The van der Waals surface area contributed by atoms with Crippen LogP contribution in [0.2, 0.25) is 0 Å².